The number of carbonyl (C=O) groups is 2. The van der Waals surface area contributed by atoms with E-state index in [9.17, 15) is 9.59 Å². The van der Waals surface area contributed by atoms with Crippen molar-refractivity contribution in [3.05, 3.63) is 42.5 Å². The predicted octanol–water partition coefficient (Wildman–Crippen LogP) is 2.82. The molecule has 0 saturated carbocycles. The maximum absolute atomic E-state index is 12.2. The van der Waals surface area contributed by atoms with Crippen LogP contribution in [0, 0.1) is 0 Å². The zero-order chi connectivity index (χ0) is 18.7. The van der Waals surface area contributed by atoms with E-state index in [2.05, 4.69) is 10.6 Å². The number of amides is 2. The molecule has 2 aromatic rings. The van der Waals surface area contributed by atoms with E-state index >= 15 is 0 Å². The lowest BCUT2D eigenvalue weighted by atomic mass is 10.1. The fourth-order valence-corrected chi connectivity index (χ4v) is 2.46. The summed E-state index contributed by atoms with van der Waals surface area (Å²) in [6, 6.07) is 12.1. The molecule has 0 saturated heterocycles. The summed E-state index contributed by atoms with van der Waals surface area (Å²) in [7, 11) is 1.56. The van der Waals surface area contributed by atoms with Crippen LogP contribution in [0.25, 0.3) is 0 Å². The van der Waals surface area contributed by atoms with E-state index in [0.29, 0.717) is 28.6 Å². The van der Waals surface area contributed by atoms with Gasteiger partial charge in [0.05, 0.1) is 12.8 Å². The van der Waals surface area contributed by atoms with Crippen molar-refractivity contribution in [1.29, 1.82) is 0 Å². The van der Waals surface area contributed by atoms with Gasteiger partial charge in [-0.1, -0.05) is 12.1 Å². The largest absolute Gasteiger partial charge is 0.497 e. The van der Waals surface area contributed by atoms with E-state index in [4.69, 9.17) is 14.2 Å². The number of carbonyl (C=O) groups excluding carboxylic acids is 2. The molecule has 2 amide bonds. The van der Waals surface area contributed by atoms with Crippen LogP contribution in [0.5, 0.6) is 17.2 Å². The summed E-state index contributed by atoms with van der Waals surface area (Å²) in [5.41, 5.74) is -0.0809. The Kier molecular flexibility index (Phi) is 4.71. The monoisotopic (exact) mass is 356 g/mol. The highest BCUT2D eigenvalue weighted by Gasteiger charge is 2.36. The standard InChI is InChI=1S/C19H20N2O5/c1-19(2)18(23)21-17-14(8-5-9-15(17)26-19)20-16(22)11-25-13-7-4-6-12(10-13)24-3/h4-10H,11H2,1-3H3,(H,20,22)(H,21,23). The molecule has 0 fully saturated rings. The Bertz CT molecular complexity index is 848. The third kappa shape index (κ3) is 3.72. The van der Waals surface area contributed by atoms with E-state index in [0.717, 1.165) is 0 Å². The second kappa shape index (κ2) is 6.95. The normalized spacial score (nSPS) is 14.5. The van der Waals surface area contributed by atoms with Crippen molar-refractivity contribution in [2.24, 2.45) is 0 Å². The van der Waals surface area contributed by atoms with Gasteiger partial charge in [-0.25, -0.2) is 0 Å². The molecule has 7 nitrogen and oxygen atoms in total. The van der Waals surface area contributed by atoms with Crippen LogP contribution < -0.4 is 24.8 Å². The molecule has 0 aromatic heterocycles. The van der Waals surface area contributed by atoms with E-state index in [1.165, 1.54) is 0 Å². The van der Waals surface area contributed by atoms with Crippen LogP contribution >= 0.6 is 0 Å². The topological polar surface area (TPSA) is 85.9 Å². The van der Waals surface area contributed by atoms with Gasteiger partial charge in [0.15, 0.2) is 12.2 Å². The summed E-state index contributed by atoms with van der Waals surface area (Å²) >= 11 is 0. The first kappa shape index (κ1) is 17.6. The number of ether oxygens (including phenoxy) is 3. The zero-order valence-electron chi connectivity index (χ0n) is 14.8. The Labute approximate surface area is 151 Å². The van der Waals surface area contributed by atoms with Gasteiger partial charge in [-0.2, -0.15) is 0 Å². The van der Waals surface area contributed by atoms with E-state index in [1.807, 2.05) is 0 Å². The number of para-hydroxylation sites is 1. The number of nitrogens with one attached hydrogen (secondary N) is 2. The summed E-state index contributed by atoms with van der Waals surface area (Å²) < 4.78 is 16.3. The molecule has 0 spiro atoms. The van der Waals surface area contributed by atoms with Crippen LogP contribution in [-0.2, 0) is 9.59 Å². The van der Waals surface area contributed by atoms with Crippen molar-refractivity contribution in [2.75, 3.05) is 24.4 Å². The van der Waals surface area contributed by atoms with Crippen molar-refractivity contribution in [3.8, 4) is 17.2 Å². The predicted molar refractivity (Wildman–Crippen MR) is 96.9 cm³/mol. The summed E-state index contributed by atoms with van der Waals surface area (Å²) in [6.45, 7) is 3.17. The van der Waals surface area contributed by atoms with Crippen LogP contribution in [0.2, 0.25) is 0 Å². The lowest BCUT2D eigenvalue weighted by Crippen LogP contribution is -2.45. The second-order valence-electron chi connectivity index (χ2n) is 6.26. The Balaban J connectivity index is 1.68. The SMILES string of the molecule is COc1cccc(OCC(=O)Nc2cccc3c2NC(=O)C(C)(C)O3)c1. The Morgan fingerprint density at radius 3 is 2.69 bits per heavy atom. The average molecular weight is 356 g/mol. The number of hydrogen-bond donors (Lipinski definition) is 2. The highest BCUT2D eigenvalue weighted by molar-refractivity contribution is 6.06. The number of anilines is 2. The second-order valence-corrected chi connectivity index (χ2v) is 6.26. The Morgan fingerprint density at radius 2 is 1.92 bits per heavy atom. The van der Waals surface area contributed by atoms with Gasteiger partial charge < -0.3 is 24.8 Å². The first-order chi connectivity index (χ1) is 12.4. The third-order valence-corrected chi connectivity index (χ3v) is 3.86. The maximum Gasteiger partial charge on any atom is 0.268 e. The molecule has 2 aromatic carbocycles. The molecule has 0 unspecified atom stereocenters. The average Bonchev–Trinajstić information content (AvgIpc) is 2.61. The van der Waals surface area contributed by atoms with Gasteiger partial charge in [0.25, 0.3) is 11.8 Å². The molecule has 0 aliphatic carbocycles. The van der Waals surface area contributed by atoms with E-state index in [1.54, 1.807) is 63.4 Å². The fraction of sp³-hybridized carbons (Fsp3) is 0.263. The quantitative estimate of drug-likeness (QED) is 0.860. The van der Waals surface area contributed by atoms with E-state index < -0.39 is 5.60 Å². The van der Waals surface area contributed by atoms with Gasteiger partial charge >= 0.3 is 0 Å². The summed E-state index contributed by atoms with van der Waals surface area (Å²) in [5.74, 6) is 1.02. The third-order valence-electron chi connectivity index (χ3n) is 3.86. The summed E-state index contributed by atoms with van der Waals surface area (Å²) in [4.78, 5) is 24.3. The number of methoxy groups -OCH3 is 1. The molecule has 136 valence electrons. The number of rotatable bonds is 5. The molecule has 1 aliphatic heterocycles. The first-order valence-electron chi connectivity index (χ1n) is 8.09. The minimum atomic E-state index is -0.967. The molecular formula is C19H20N2O5. The number of benzene rings is 2. The van der Waals surface area contributed by atoms with Crippen LogP contribution in [0.4, 0.5) is 11.4 Å². The van der Waals surface area contributed by atoms with Crippen molar-refractivity contribution >= 4 is 23.2 Å². The molecular weight excluding hydrogens is 336 g/mol. The van der Waals surface area contributed by atoms with Crippen molar-refractivity contribution in [1.82, 2.24) is 0 Å². The Morgan fingerprint density at radius 1 is 1.19 bits per heavy atom. The van der Waals surface area contributed by atoms with Crippen LogP contribution in [0.15, 0.2) is 42.5 Å². The van der Waals surface area contributed by atoms with Gasteiger partial charge in [-0.15, -0.1) is 0 Å². The van der Waals surface area contributed by atoms with E-state index in [-0.39, 0.29) is 18.4 Å². The fourth-order valence-electron chi connectivity index (χ4n) is 2.46. The molecule has 1 heterocycles. The van der Waals surface area contributed by atoms with Crippen molar-refractivity contribution < 1.29 is 23.8 Å². The van der Waals surface area contributed by atoms with Gasteiger partial charge in [0.1, 0.15) is 22.9 Å². The summed E-state index contributed by atoms with van der Waals surface area (Å²) in [5, 5.41) is 5.50. The molecule has 0 atom stereocenters. The lowest BCUT2D eigenvalue weighted by Gasteiger charge is -2.32. The smallest absolute Gasteiger partial charge is 0.268 e. The van der Waals surface area contributed by atoms with Gasteiger partial charge in [0, 0.05) is 6.07 Å². The number of fused-ring (bicyclic) bond motifs is 1. The first-order valence-corrected chi connectivity index (χ1v) is 8.09. The van der Waals surface area contributed by atoms with Crippen LogP contribution in [0.3, 0.4) is 0 Å². The van der Waals surface area contributed by atoms with Crippen LogP contribution in [0.1, 0.15) is 13.8 Å². The van der Waals surface area contributed by atoms with Gasteiger partial charge in [0.2, 0.25) is 0 Å². The zero-order valence-corrected chi connectivity index (χ0v) is 14.8. The van der Waals surface area contributed by atoms with Crippen LogP contribution in [-0.4, -0.2) is 31.1 Å². The maximum atomic E-state index is 12.2. The van der Waals surface area contributed by atoms with Crippen molar-refractivity contribution in [2.45, 2.75) is 19.4 Å². The lowest BCUT2D eigenvalue weighted by molar-refractivity contribution is -0.129. The molecule has 0 radical (unpaired) electrons. The van der Waals surface area contributed by atoms with Gasteiger partial charge in [-0.3, -0.25) is 9.59 Å². The molecule has 2 N–H and O–H groups in total. The Hall–Kier alpha value is -3.22. The minimum absolute atomic E-state index is 0.183. The highest BCUT2D eigenvalue weighted by atomic mass is 16.5. The minimum Gasteiger partial charge on any atom is -0.497 e. The summed E-state index contributed by atoms with van der Waals surface area (Å²) in [6.07, 6.45) is 0. The molecule has 7 heteroatoms. The highest BCUT2D eigenvalue weighted by Crippen LogP contribution is 2.38. The number of hydrogen-bond acceptors (Lipinski definition) is 5. The van der Waals surface area contributed by atoms with Crippen molar-refractivity contribution in [3.63, 3.8) is 0 Å². The molecule has 3 rings (SSSR count). The molecule has 0 bridgehead atoms. The molecule has 1 aliphatic rings. The van der Waals surface area contributed by atoms with Gasteiger partial charge in [-0.05, 0) is 38.1 Å². The molecule has 26 heavy (non-hydrogen) atoms.